The maximum atomic E-state index is 5.98. The Bertz CT molecular complexity index is 388. The molecule has 3 heteroatoms. The van der Waals surface area contributed by atoms with E-state index in [9.17, 15) is 0 Å². The van der Waals surface area contributed by atoms with Crippen LogP contribution >= 0.6 is 0 Å². The first-order chi connectivity index (χ1) is 9.83. The third-order valence-corrected chi connectivity index (χ3v) is 4.23. The number of nitrogens with one attached hydrogen (secondary N) is 1. The molecular weight excluding hydrogens is 250 g/mol. The molecule has 112 valence electrons. The lowest BCUT2D eigenvalue weighted by Gasteiger charge is -2.30. The van der Waals surface area contributed by atoms with Crippen molar-refractivity contribution >= 4 is 0 Å². The normalized spacial score (nSPS) is 17.9. The zero-order valence-electron chi connectivity index (χ0n) is 12.7. The molecule has 1 saturated carbocycles. The van der Waals surface area contributed by atoms with E-state index in [4.69, 9.17) is 9.47 Å². The molecule has 3 nitrogen and oxygen atoms in total. The van der Waals surface area contributed by atoms with Crippen LogP contribution in [0.25, 0.3) is 0 Å². The average Bonchev–Trinajstić information content (AvgIpc) is 2.50. The molecule has 0 amide bonds. The van der Waals surface area contributed by atoms with E-state index < -0.39 is 0 Å². The standard InChI is InChI=1S/C17H27NO2/c1-18-17(15-8-4-3-5-9-15)13-20-16-10-6-7-14(11-16)12-19-2/h6-7,10-11,15,17-18H,3-5,8-9,12-13H2,1-2H3. The monoisotopic (exact) mass is 277 g/mol. The quantitative estimate of drug-likeness (QED) is 0.829. The summed E-state index contributed by atoms with van der Waals surface area (Å²) in [7, 11) is 3.76. The fourth-order valence-corrected chi connectivity index (χ4v) is 3.07. The molecule has 1 aliphatic rings. The van der Waals surface area contributed by atoms with Gasteiger partial charge in [-0.3, -0.25) is 0 Å². The topological polar surface area (TPSA) is 30.5 Å². The summed E-state index contributed by atoms with van der Waals surface area (Å²) in [6, 6.07) is 8.64. The summed E-state index contributed by atoms with van der Waals surface area (Å²) in [5.41, 5.74) is 1.16. The smallest absolute Gasteiger partial charge is 0.119 e. The van der Waals surface area contributed by atoms with Crippen LogP contribution in [0, 0.1) is 5.92 Å². The lowest BCUT2D eigenvalue weighted by molar-refractivity contribution is 0.182. The highest BCUT2D eigenvalue weighted by Gasteiger charge is 2.22. The molecule has 1 aromatic rings. The second-order valence-electron chi connectivity index (χ2n) is 5.68. The van der Waals surface area contributed by atoms with Gasteiger partial charge in [-0.2, -0.15) is 0 Å². The first kappa shape index (κ1) is 15.3. The van der Waals surface area contributed by atoms with Gasteiger partial charge in [-0.05, 0) is 43.5 Å². The summed E-state index contributed by atoms with van der Waals surface area (Å²) >= 11 is 0. The van der Waals surface area contributed by atoms with Gasteiger partial charge in [-0.25, -0.2) is 0 Å². The molecule has 0 aliphatic heterocycles. The fourth-order valence-electron chi connectivity index (χ4n) is 3.07. The molecule has 0 saturated heterocycles. The van der Waals surface area contributed by atoms with E-state index in [1.165, 1.54) is 32.1 Å². The van der Waals surface area contributed by atoms with Crippen LogP contribution in [0.3, 0.4) is 0 Å². The summed E-state index contributed by atoms with van der Waals surface area (Å²) < 4.78 is 11.1. The summed E-state index contributed by atoms with van der Waals surface area (Å²) in [6.07, 6.45) is 6.79. The summed E-state index contributed by atoms with van der Waals surface area (Å²) in [5.74, 6) is 1.70. The van der Waals surface area contributed by atoms with Gasteiger partial charge in [0.25, 0.3) is 0 Å². The molecule has 2 rings (SSSR count). The van der Waals surface area contributed by atoms with Crippen molar-refractivity contribution in [1.29, 1.82) is 0 Å². The molecule has 0 bridgehead atoms. The van der Waals surface area contributed by atoms with Crippen LogP contribution in [0.1, 0.15) is 37.7 Å². The van der Waals surface area contributed by atoms with Gasteiger partial charge < -0.3 is 14.8 Å². The predicted molar refractivity (Wildman–Crippen MR) is 82.1 cm³/mol. The lowest BCUT2D eigenvalue weighted by atomic mass is 9.84. The average molecular weight is 277 g/mol. The van der Waals surface area contributed by atoms with Gasteiger partial charge in [0.1, 0.15) is 12.4 Å². The van der Waals surface area contributed by atoms with Crippen molar-refractivity contribution in [1.82, 2.24) is 5.32 Å². The molecule has 0 spiro atoms. The SMILES string of the molecule is CNC(COc1cccc(COC)c1)C1CCCCC1. The maximum Gasteiger partial charge on any atom is 0.119 e. The predicted octanol–water partition coefficient (Wildman–Crippen LogP) is 3.38. The van der Waals surface area contributed by atoms with Crippen LogP contribution < -0.4 is 10.1 Å². The second-order valence-corrected chi connectivity index (χ2v) is 5.68. The van der Waals surface area contributed by atoms with E-state index in [0.717, 1.165) is 23.8 Å². The van der Waals surface area contributed by atoms with Gasteiger partial charge in [-0.15, -0.1) is 0 Å². The van der Waals surface area contributed by atoms with Crippen LogP contribution in [-0.2, 0) is 11.3 Å². The zero-order chi connectivity index (χ0) is 14.2. The van der Waals surface area contributed by atoms with Crippen molar-refractivity contribution in [3.8, 4) is 5.75 Å². The van der Waals surface area contributed by atoms with E-state index in [1.54, 1.807) is 7.11 Å². The Morgan fingerprint density at radius 2 is 2.05 bits per heavy atom. The van der Waals surface area contributed by atoms with Crippen molar-refractivity contribution in [3.05, 3.63) is 29.8 Å². The maximum absolute atomic E-state index is 5.98. The Kier molecular flexibility index (Phi) is 6.34. The van der Waals surface area contributed by atoms with Crippen LogP contribution in [0.5, 0.6) is 5.75 Å². The first-order valence-corrected chi connectivity index (χ1v) is 7.71. The molecule has 1 atom stereocenters. The minimum absolute atomic E-state index is 0.460. The number of methoxy groups -OCH3 is 1. The van der Waals surface area contributed by atoms with Crippen LogP contribution in [-0.4, -0.2) is 26.8 Å². The molecule has 0 heterocycles. The van der Waals surface area contributed by atoms with Gasteiger partial charge in [-0.1, -0.05) is 31.4 Å². The Balaban J connectivity index is 1.87. The largest absolute Gasteiger partial charge is 0.492 e. The fraction of sp³-hybridized carbons (Fsp3) is 0.647. The molecule has 1 N–H and O–H groups in total. The van der Waals surface area contributed by atoms with E-state index in [1.807, 2.05) is 19.2 Å². The summed E-state index contributed by atoms with van der Waals surface area (Å²) in [5, 5.41) is 3.43. The number of rotatable bonds is 7. The van der Waals surface area contributed by atoms with Crippen LogP contribution in [0.4, 0.5) is 0 Å². The number of hydrogen-bond donors (Lipinski definition) is 1. The molecular formula is C17H27NO2. The van der Waals surface area contributed by atoms with Crippen LogP contribution in [0.15, 0.2) is 24.3 Å². The van der Waals surface area contributed by atoms with E-state index in [-0.39, 0.29) is 0 Å². The Hall–Kier alpha value is -1.06. The van der Waals surface area contributed by atoms with Gasteiger partial charge in [0, 0.05) is 13.2 Å². The first-order valence-electron chi connectivity index (χ1n) is 7.71. The van der Waals surface area contributed by atoms with Gasteiger partial charge in [0.15, 0.2) is 0 Å². The number of benzene rings is 1. The number of hydrogen-bond acceptors (Lipinski definition) is 3. The third-order valence-electron chi connectivity index (χ3n) is 4.23. The van der Waals surface area contributed by atoms with Crippen molar-refractivity contribution in [2.45, 2.75) is 44.8 Å². The van der Waals surface area contributed by atoms with Crippen molar-refractivity contribution in [3.63, 3.8) is 0 Å². The van der Waals surface area contributed by atoms with Gasteiger partial charge >= 0.3 is 0 Å². The van der Waals surface area contributed by atoms with Gasteiger partial charge in [0.2, 0.25) is 0 Å². The van der Waals surface area contributed by atoms with Crippen LogP contribution in [0.2, 0.25) is 0 Å². The highest BCUT2D eigenvalue weighted by molar-refractivity contribution is 5.28. The minimum Gasteiger partial charge on any atom is -0.492 e. The molecule has 20 heavy (non-hydrogen) atoms. The Morgan fingerprint density at radius 3 is 2.75 bits per heavy atom. The van der Waals surface area contributed by atoms with Gasteiger partial charge in [0.05, 0.1) is 6.61 Å². The Morgan fingerprint density at radius 1 is 1.25 bits per heavy atom. The second kappa shape index (κ2) is 8.28. The molecule has 1 unspecified atom stereocenters. The minimum atomic E-state index is 0.460. The summed E-state index contributed by atoms with van der Waals surface area (Å²) in [6.45, 7) is 1.38. The molecule has 0 aromatic heterocycles. The van der Waals surface area contributed by atoms with E-state index >= 15 is 0 Å². The van der Waals surface area contributed by atoms with Crippen molar-refractivity contribution in [2.24, 2.45) is 5.92 Å². The third kappa shape index (κ3) is 4.50. The Labute approximate surface area is 122 Å². The highest BCUT2D eigenvalue weighted by atomic mass is 16.5. The molecule has 1 aliphatic carbocycles. The lowest BCUT2D eigenvalue weighted by Crippen LogP contribution is -2.39. The van der Waals surface area contributed by atoms with Crippen molar-refractivity contribution in [2.75, 3.05) is 20.8 Å². The van der Waals surface area contributed by atoms with E-state index in [2.05, 4.69) is 17.4 Å². The number of ether oxygens (including phenoxy) is 2. The van der Waals surface area contributed by atoms with E-state index in [0.29, 0.717) is 12.6 Å². The zero-order valence-corrected chi connectivity index (χ0v) is 12.7. The summed E-state index contributed by atoms with van der Waals surface area (Å²) in [4.78, 5) is 0. The van der Waals surface area contributed by atoms with Crippen molar-refractivity contribution < 1.29 is 9.47 Å². The molecule has 0 radical (unpaired) electrons. The highest BCUT2D eigenvalue weighted by Crippen LogP contribution is 2.27. The molecule has 1 aromatic carbocycles. The molecule has 1 fully saturated rings. The number of likely N-dealkylation sites (N-methyl/N-ethyl adjacent to an activating group) is 1.